The summed E-state index contributed by atoms with van der Waals surface area (Å²) in [6.07, 6.45) is 5.00. The summed E-state index contributed by atoms with van der Waals surface area (Å²) in [5, 5.41) is 10.9. The first kappa shape index (κ1) is 21.5. The second-order valence-electron chi connectivity index (χ2n) is 8.45. The Bertz CT molecular complexity index is 1430. The molecule has 1 N–H and O–H groups in total. The van der Waals surface area contributed by atoms with E-state index in [-0.39, 0.29) is 12.8 Å². The summed E-state index contributed by atoms with van der Waals surface area (Å²) in [5.74, 6) is 1.50. The number of nitrogens with one attached hydrogen (secondary N) is 1. The fourth-order valence-corrected chi connectivity index (χ4v) is 4.70. The van der Waals surface area contributed by atoms with Gasteiger partial charge < -0.3 is 14.8 Å². The fourth-order valence-electron chi connectivity index (χ4n) is 4.43. The van der Waals surface area contributed by atoms with Crippen molar-refractivity contribution in [2.75, 3.05) is 13.3 Å². The van der Waals surface area contributed by atoms with Crippen LogP contribution in [0, 0.1) is 0 Å². The van der Waals surface area contributed by atoms with Crippen molar-refractivity contribution in [3.63, 3.8) is 0 Å². The van der Waals surface area contributed by atoms with Crippen LogP contribution in [0.15, 0.2) is 84.2 Å². The van der Waals surface area contributed by atoms with E-state index in [0.717, 1.165) is 52.3 Å². The highest BCUT2D eigenvalue weighted by molar-refractivity contribution is 7.80. The normalized spacial score (nSPS) is 16.4. The molecule has 35 heavy (non-hydrogen) atoms. The van der Waals surface area contributed by atoms with Crippen molar-refractivity contribution in [3.8, 4) is 11.5 Å². The van der Waals surface area contributed by atoms with Gasteiger partial charge in [-0.25, -0.2) is 5.01 Å². The molecule has 174 valence electrons. The van der Waals surface area contributed by atoms with Crippen molar-refractivity contribution < 1.29 is 9.47 Å². The maximum absolute atomic E-state index is 5.82. The van der Waals surface area contributed by atoms with Crippen LogP contribution in [-0.4, -0.2) is 39.1 Å². The Kier molecular flexibility index (Phi) is 5.71. The molecule has 1 atom stereocenters. The van der Waals surface area contributed by atoms with Gasteiger partial charge in [0.1, 0.15) is 0 Å². The molecule has 0 fully saturated rings. The predicted octanol–water partition coefficient (Wildman–Crippen LogP) is 4.63. The van der Waals surface area contributed by atoms with Gasteiger partial charge in [0.15, 0.2) is 16.6 Å². The quantitative estimate of drug-likeness (QED) is 0.417. The molecular weight excluding hydrogens is 458 g/mol. The minimum absolute atomic E-state index is 0.0569. The summed E-state index contributed by atoms with van der Waals surface area (Å²) in [6, 6.07) is 22.4. The second-order valence-corrected chi connectivity index (χ2v) is 8.84. The van der Waals surface area contributed by atoms with Gasteiger partial charge in [-0.15, -0.1) is 0 Å². The molecule has 0 amide bonds. The standard InChI is InChI=1S/C27H23N5O2S/c35-27(30-11-10-18-4-2-1-3-5-18)32-24(20-6-8-21-23(14-20)29-13-12-28-21)16-22(31-32)19-7-9-25-26(15-19)34-17-33-25/h1-9,12-15,24H,10-11,16-17H2,(H,30,35)/t24-/m1/s1. The van der Waals surface area contributed by atoms with E-state index in [9.17, 15) is 0 Å². The van der Waals surface area contributed by atoms with Crippen LogP contribution in [0.1, 0.15) is 29.2 Å². The lowest BCUT2D eigenvalue weighted by atomic mass is 9.98. The highest BCUT2D eigenvalue weighted by Crippen LogP contribution is 2.37. The van der Waals surface area contributed by atoms with Gasteiger partial charge in [0.25, 0.3) is 0 Å². The van der Waals surface area contributed by atoms with Gasteiger partial charge in [0, 0.05) is 30.9 Å². The molecule has 4 aromatic rings. The van der Waals surface area contributed by atoms with Gasteiger partial charge >= 0.3 is 0 Å². The first-order valence-electron chi connectivity index (χ1n) is 11.5. The first-order chi connectivity index (χ1) is 17.2. The zero-order chi connectivity index (χ0) is 23.6. The van der Waals surface area contributed by atoms with E-state index in [4.69, 9.17) is 26.8 Å². The van der Waals surface area contributed by atoms with Gasteiger partial charge in [-0.1, -0.05) is 36.4 Å². The Hall–Kier alpha value is -4.04. The van der Waals surface area contributed by atoms with Crippen LogP contribution in [0.5, 0.6) is 11.5 Å². The Morgan fingerprint density at radius 3 is 2.66 bits per heavy atom. The summed E-state index contributed by atoms with van der Waals surface area (Å²) < 4.78 is 11.1. The number of fused-ring (bicyclic) bond motifs is 2. The van der Waals surface area contributed by atoms with Crippen LogP contribution < -0.4 is 14.8 Å². The average Bonchev–Trinajstić information content (AvgIpc) is 3.56. The SMILES string of the molecule is S=C(NCCc1ccccc1)N1N=C(c2ccc3c(c2)OCO3)C[C@@H]1c1ccc2nccnc2c1. The topological polar surface area (TPSA) is 71.9 Å². The molecule has 0 bridgehead atoms. The minimum atomic E-state index is -0.0569. The number of benzene rings is 3. The van der Waals surface area contributed by atoms with Crippen LogP contribution in [0.4, 0.5) is 0 Å². The van der Waals surface area contributed by atoms with Crippen molar-refractivity contribution in [2.24, 2.45) is 5.10 Å². The zero-order valence-corrected chi connectivity index (χ0v) is 19.7. The third kappa shape index (κ3) is 4.40. The molecule has 0 aliphatic carbocycles. The zero-order valence-electron chi connectivity index (χ0n) is 18.9. The van der Waals surface area contributed by atoms with E-state index in [0.29, 0.717) is 11.5 Å². The predicted molar refractivity (Wildman–Crippen MR) is 139 cm³/mol. The molecule has 3 aromatic carbocycles. The molecule has 0 saturated heterocycles. The molecule has 6 rings (SSSR count). The van der Waals surface area contributed by atoms with Gasteiger partial charge in [0.2, 0.25) is 6.79 Å². The molecule has 1 aromatic heterocycles. The van der Waals surface area contributed by atoms with Crippen molar-refractivity contribution in [2.45, 2.75) is 18.9 Å². The fraction of sp³-hybridized carbons (Fsp3) is 0.185. The Balaban J connectivity index is 1.28. The van der Waals surface area contributed by atoms with E-state index in [1.807, 2.05) is 35.3 Å². The van der Waals surface area contributed by atoms with Gasteiger partial charge in [-0.05, 0) is 60.1 Å². The monoisotopic (exact) mass is 481 g/mol. The maximum atomic E-state index is 5.82. The number of hydrazone groups is 1. The first-order valence-corrected chi connectivity index (χ1v) is 11.9. The van der Waals surface area contributed by atoms with Crippen molar-refractivity contribution in [1.82, 2.24) is 20.3 Å². The van der Waals surface area contributed by atoms with E-state index < -0.39 is 0 Å². The number of hydrogen-bond acceptors (Lipinski definition) is 6. The summed E-state index contributed by atoms with van der Waals surface area (Å²) >= 11 is 5.82. The molecule has 3 heterocycles. The molecular formula is C27H23N5O2S. The molecule has 2 aliphatic rings. The summed E-state index contributed by atoms with van der Waals surface area (Å²) in [5.41, 5.74) is 6.00. The number of ether oxygens (including phenoxy) is 2. The molecule has 0 unspecified atom stereocenters. The van der Waals surface area contributed by atoms with Gasteiger partial charge in [-0.2, -0.15) is 5.10 Å². The number of thiocarbonyl (C=S) groups is 1. The molecule has 8 heteroatoms. The maximum Gasteiger partial charge on any atom is 0.231 e. The molecule has 0 spiro atoms. The van der Waals surface area contributed by atoms with Crippen molar-refractivity contribution >= 4 is 34.1 Å². The smallest absolute Gasteiger partial charge is 0.231 e. The van der Waals surface area contributed by atoms with Crippen LogP contribution in [-0.2, 0) is 6.42 Å². The van der Waals surface area contributed by atoms with E-state index in [1.54, 1.807) is 12.4 Å². The third-order valence-corrected chi connectivity index (χ3v) is 6.57. The third-order valence-electron chi connectivity index (χ3n) is 6.24. The molecule has 0 saturated carbocycles. The Morgan fingerprint density at radius 1 is 0.943 bits per heavy atom. The number of aromatic nitrogens is 2. The van der Waals surface area contributed by atoms with Crippen molar-refractivity contribution in [3.05, 3.63) is 95.8 Å². The van der Waals surface area contributed by atoms with E-state index >= 15 is 0 Å². The molecule has 2 aliphatic heterocycles. The lowest BCUT2D eigenvalue weighted by Gasteiger charge is -2.25. The van der Waals surface area contributed by atoms with Gasteiger partial charge in [-0.3, -0.25) is 9.97 Å². The molecule has 0 radical (unpaired) electrons. The summed E-state index contributed by atoms with van der Waals surface area (Å²) in [4.78, 5) is 8.89. The average molecular weight is 482 g/mol. The second kappa shape index (κ2) is 9.31. The van der Waals surface area contributed by atoms with Crippen LogP contribution in [0.3, 0.4) is 0 Å². The Morgan fingerprint density at radius 2 is 1.77 bits per heavy atom. The highest BCUT2D eigenvalue weighted by atomic mass is 32.1. The molecule has 7 nitrogen and oxygen atoms in total. The van der Waals surface area contributed by atoms with E-state index in [1.165, 1.54) is 5.56 Å². The van der Waals surface area contributed by atoms with Crippen LogP contribution >= 0.6 is 12.2 Å². The van der Waals surface area contributed by atoms with Gasteiger partial charge in [0.05, 0.1) is 22.8 Å². The summed E-state index contributed by atoms with van der Waals surface area (Å²) in [6.45, 7) is 0.970. The largest absolute Gasteiger partial charge is 0.454 e. The number of nitrogens with zero attached hydrogens (tertiary/aromatic N) is 4. The minimum Gasteiger partial charge on any atom is -0.454 e. The van der Waals surface area contributed by atoms with E-state index in [2.05, 4.69) is 51.7 Å². The number of hydrogen-bond donors (Lipinski definition) is 1. The lowest BCUT2D eigenvalue weighted by molar-refractivity contribution is 0.174. The van der Waals surface area contributed by atoms with Crippen LogP contribution in [0.25, 0.3) is 11.0 Å². The van der Waals surface area contributed by atoms with Crippen LogP contribution in [0.2, 0.25) is 0 Å². The van der Waals surface area contributed by atoms with Crippen molar-refractivity contribution in [1.29, 1.82) is 0 Å². The highest BCUT2D eigenvalue weighted by Gasteiger charge is 2.32. The summed E-state index contributed by atoms with van der Waals surface area (Å²) in [7, 11) is 0. The number of rotatable bonds is 5. The lowest BCUT2D eigenvalue weighted by Crippen LogP contribution is -2.37. The Labute approximate surface area is 208 Å².